The van der Waals surface area contributed by atoms with Gasteiger partial charge in [-0.3, -0.25) is 4.79 Å². The lowest BCUT2D eigenvalue weighted by molar-refractivity contribution is -0.118. The lowest BCUT2D eigenvalue weighted by Crippen LogP contribution is -2.27. The van der Waals surface area contributed by atoms with Crippen LogP contribution < -0.4 is 14.8 Å². The van der Waals surface area contributed by atoms with Crippen molar-refractivity contribution < 1.29 is 22.4 Å². The summed E-state index contributed by atoms with van der Waals surface area (Å²) in [5.74, 6) is 0.402. The summed E-state index contributed by atoms with van der Waals surface area (Å²) in [6, 6.07) is 5.93. The van der Waals surface area contributed by atoms with Gasteiger partial charge in [-0.05, 0) is 18.2 Å². The van der Waals surface area contributed by atoms with Crippen molar-refractivity contribution in [1.29, 1.82) is 0 Å². The van der Waals surface area contributed by atoms with Gasteiger partial charge in [-0.15, -0.1) is 0 Å². The Labute approximate surface area is 131 Å². The van der Waals surface area contributed by atoms with Crippen LogP contribution in [0.3, 0.4) is 0 Å². The highest BCUT2D eigenvalue weighted by Crippen LogP contribution is 2.35. The van der Waals surface area contributed by atoms with Crippen LogP contribution in [0.5, 0.6) is 5.75 Å². The number of furan rings is 1. The molecule has 1 aliphatic heterocycles. The maximum Gasteiger partial charge on any atom is 0.262 e. The maximum absolute atomic E-state index is 12.3. The van der Waals surface area contributed by atoms with Crippen molar-refractivity contribution in [2.24, 2.45) is 0 Å². The van der Waals surface area contributed by atoms with E-state index in [1.54, 1.807) is 12.1 Å². The molecule has 9 heteroatoms. The summed E-state index contributed by atoms with van der Waals surface area (Å²) in [4.78, 5) is 11.1. The van der Waals surface area contributed by atoms with Crippen molar-refractivity contribution >= 4 is 33.2 Å². The molecule has 2 aromatic rings. The molecule has 7 nitrogen and oxygen atoms in total. The second kappa shape index (κ2) is 5.64. The lowest BCUT2D eigenvalue weighted by Gasteiger charge is -2.19. The second-order valence-corrected chi connectivity index (χ2v) is 6.66. The average molecular weight is 343 g/mol. The van der Waals surface area contributed by atoms with Gasteiger partial charge in [0.05, 0.1) is 23.5 Å². The molecule has 3 rings (SSSR count). The molecule has 1 aliphatic rings. The molecule has 1 aromatic carbocycles. The van der Waals surface area contributed by atoms with E-state index in [1.165, 1.54) is 18.4 Å². The van der Waals surface area contributed by atoms with E-state index in [-0.39, 0.29) is 34.7 Å². The van der Waals surface area contributed by atoms with Gasteiger partial charge in [-0.25, -0.2) is 13.1 Å². The first-order chi connectivity index (χ1) is 10.5. The number of halogens is 1. The first-order valence-corrected chi connectivity index (χ1v) is 8.10. The van der Waals surface area contributed by atoms with Crippen molar-refractivity contribution in [3.8, 4) is 5.75 Å². The summed E-state index contributed by atoms with van der Waals surface area (Å²) in [5, 5.41) is 2.54. The molecule has 0 unspecified atom stereocenters. The summed E-state index contributed by atoms with van der Waals surface area (Å²) < 4.78 is 37.3. The molecular formula is C13H11ClN2O5S. The number of nitrogens with one attached hydrogen (secondary N) is 2. The number of hydrogen-bond donors (Lipinski definition) is 2. The Bertz CT molecular complexity index is 817. The van der Waals surface area contributed by atoms with Crippen molar-refractivity contribution in [2.45, 2.75) is 11.4 Å². The standard InChI is InChI=1S/C13H11ClN2O5S/c14-9-4-10-11(21-7-13(17)16-10)5-12(9)22(18,19)15-6-8-2-1-3-20-8/h1-5,15H,6-7H2,(H,16,17). The summed E-state index contributed by atoms with van der Waals surface area (Å²) in [5.41, 5.74) is 0.339. The fourth-order valence-corrected chi connectivity index (χ4v) is 3.48. The van der Waals surface area contributed by atoms with Crippen molar-refractivity contribution in [3.63, 3.8) is 0 Å². The predicted molar refractivity (Wildman–Crippen MR) is 78.3 cm³/mol. The van der Waals surface area contributed by atoms with E-state index in [0.717, 1.165) is 0 Å². The topological polar surface area (TPSA) is 97.6 Å². The Morgan fingerprint density at radius 2 is 2.18 bits per heavy atom. The number of sulfonamides is 1. The van der Waals surface area contributed by atoms with Crippen LogP contribution >= 0.6 is 11.6 Å². The molecule has 0 aliphatic carbocycles. The highest BCUT2D eigenvalue weighted by molar-refractivity contribution is 7.89. The molecule has 0 fully saturated rings. The minimum absolute atomic E-state index is 0.000337. The van der Waals surface area contributed by atoms with Gasteiger partial charge < -0.3 is 14.5 Å². The van der Waals surface area contributed by atoms with E-state index in [1.807, 2.05) is 0 Å². The molecular weight excluding hydrogens is 332 g/mol. The summed E-state index contributed by atoms with van der Waals surface area (Å²) >= 11 is 6.00. The Kier molecular flexibility index (Phi) is 3.81. The molecule has 2 N–H and O–H groups in total. The SMILES string of the molecule is O=C1COc2cc(S(=O)(=O)NCc3ccco3)c(Cl)cc2N1. The minimum Gasteiger partial charge on any atom is -0.482 e. The highest BCUT2D eigenvalue weighted by Gasteiger charge is 2.24. The molecule has 0 spiro atoms. The quantitative estimate of drug-likeness (QED) is 0.882. The zero-order valence-electron chi connectivity index (χ0n) is 11.1. The second-order valence-electron chi connectivity index (χ2n) is 4.52. The van der Waals surface area contributed by atoms with E-state index in [2.05, 4.69) is 10.0 Å². The molecule has 1 amide bonds. The number of hydrogen-bond acceptors (Lipinski definition) is 5. The monoisotopic (exact) mass is 342 g/mol. The molecule has 2 heterocycles. The van der Waals surface area contributed by atoms with Gasteiger partial charge in [0.25, 0.3) is 5.91 Å². The van der Waals surface area contributed by atoms with E-state index >= 15 is 0 Å². The van der Waals surface area contributed by atoms with Crippen LogP contribution in [0, 0.1) is 0 Å². The smallest absolute Gasteiger partial charge is 0.262 e. The number of anilines is 1. The largest absolute Gasteiger partial charge is 0.482 e. The van der Waals surface area contributed by atoms with Crippen molar-refractivity contribution in [2.75, 3.05) is 11.9 Å². The molecule has 1 aromatic heterocycles. The third kappa shape index (κ3) is 2.94. The van der Waals surface area contributed by atoms with E-state index < -0.39 is 10.0 Å². The highest BCUT2D eigenvalue weighted by atomic mass is 35.5. The fraction of sp³-hybridized carbons (Fsp3) is 0.154. The molecule has 0 bridgehead atoms. The third-order valence-corrected chi connectivity index (χ3v) is 4.84. The zero-order valence-corrected chi connectivity index (χ0v) is 12.7. The zero-order chi connectivity index (χ0) is 15.7. The summed E-state index contributed by atoms with van der Waals surface area (Å²) in [6.45, 7) is -0.172. The summed E-state index contributed by atoms with van der Waals surface area (Å²) in [7, 11) is -3.85. The maximum atomic E-state index is 12.3. The average Bonchev–Trinajstić information content (AvgIpc) is 2.97. The first-order valence-electron chi connectivity index (χ1n) is 6.24. The van der Waals surface area contributed by atoms with Gasteiger partial charge >= 0.3 is 0 Å². The van der Waals surface area contributed by atoms with Gasteiger partial charge in [0.15, 0.2) is 6.61 Å². The van der Waals surface area contributed by atoms with Crippen molar-refractivity contribution in [3.05, 3.63) is 41.3 Å². The van der Waals surface area contributed by atoms with Crippen LogP contribution in [-0.2, 0) is 21.4 Å². The molecule has 116 valence electrons. The van der Waals surface area contributed by atoms with E-state index in [9.17, 15) is 13.2 Å². The Balaban J connectivity index is 1.88. The predicted octanol–water partition coefficient (Wildman–Crippen LogP) is 1.74. The number of carbonyl (C=O) groups excluding carboxylic acids is 1. The van der Waals surface area contributed by atoms with Crippen LogP contribution in [0.25, 0.3) is 0 Å². The molecule has 0 saturated heterocycles. The van der Waals surface area contributed by atoms with Gasteiger partial charge in [-0.2, -0.15) is 0 Å². The lowest BCUT2D eigenvalue weighted by atomic mass is 10.2. The molecule has 0 saturated carbocycles. The fourth-order valence-electron chi connectivity index (χ4n) is 1.94. The number of ether oxygens (including phenoxy) is 1. The molecule has 0 radical (unpaired) electrons. The Hall–Kier alpha value is -2.03. The number of rotatable bonds is 4. The molecule has 0 atom stereocenters. The van der Waals surface area contributed by atoms with Crippen LogP contribution in [0.1, 0.15) is 5.76 Å². The molecule has 22 heavy (non-hydrogen) atoms. The van der Waals surface area contributed by atoms with Gasteiger partial charge in [0, 0.05) is 6.07 Å². The van der Waals surface area contributed by atoms with Crippen LogP contribution in [-0.4, -0.2) is 20.9 Å². The number of carbonyl (C=O) groups is 1. The van der Waals surface area contributed by atoms with Gasteiger partial charge in [0.2, 0.25) is 10.0 Å². The van der Waals surface area contributed by atoms with Crippen molar-refractivity contribution in [1.82, 2.24) is 4.72 Å². The summed E-state index contributed by atoms with van der Waals surface area (Å²) in [6.07, 6.45) is 1.45. The van der Waals surface area contributed by atoms with Crippen LogP contribution in [0.2, 0.25) is 5.02 Å². The van der Waals surface area contributed by atoms with Gasteiger partial charge in [-0.1, -0.05) is 11.6 Å². The first kappa shape index (κ1) is 14.9. The Morgan fingerprint density at radius 1 is 1.36 bits per heavy atom. The van der Waals surface area contributed by atoms with E-state index in [0.29, 0.717) is 11.4 Å². The van der Waals surface area contributed by atoms with E-state index in [4.69, 9.17) is 20.8 Å². The third-order valence-electron chi connectivity index (χ3n) is 2.97. The normalized spacial score (nSPS) is 14.1. The minimum atomic E-state index is -3.85. The van der Waals surface area contributed by atoms with Crippen LogP contribution in [0.4, 0.5) is 5.69 Å². The number of fused-ring (bicyclic) bond motifs is 1. The number of benzene rings is 1. The number of amides is 1. The van der Waals surface area contributed by atoms with Gasteiger partial charge in [0.1, 0.15) is 16.4 Å². The Morgan fingerprint density at radius 3 is 2.91 bits per heavy atom. The van der Waals surface area contributed by atoms with Crippen LogP contribution in [0.15, 0.2) is 39.8 Å².